The molecule has 1 saturated heterocycles. The number of aromatic nitrogens is 2. The summed E-state index contributed by atoms with van der Waals surface area (Å²) in [7, 11) is 0. The van der Waals surface area contributed by atoms with Crippen molar-refractivity contribution < 1.29 is 14.1 Å². The van der Waals surface area contributed by atoms with Gasteiger partial charge >= 0.3 is 5.97 Å². The Hall–Kier alpha value is -1.59. The summed E-state index contributed by atoms with van der Waals surface area (Å²) in [5.74, 6) is 0.692. The lowest BCUT2D eigenvalue weighted by Crippen LogP contribution is -2.37. The zero-order valence-electron chi connectivity index (χ0n) is 12.5. The second-order valence-electron chi connectivity index (χ2n) is 5.10. The van der Waals surface area contributed by atoms with Crippen LogP contribution in [-0.4, -0.2) is 35.8 Å². The summed E-state index contributed by atoms with van der Waals surface area (Å²) in [5, 5.41) is 4.03. The number of rotatable bonds is 6. The Kier molecular flexibility index (Phi) is 4.62. The van der Waals surface area contributed by atoms with Crippen LogP contribution >= 0.6 is 0 Å². The molecule has 0 N–H and O–H groups in total. The van der Waals surface area contributed by atoms with Crippen LogP contribution in [0.3, 0.4) is 0 Å². The number of hydrogen-bond donors (Lipinski definition) is 0. The Morgan fingerprint density at radius 2 is 1.95 bits per heavy atom. The van der Waals surface area contributed by atoms with Crippen LogP contribution in [-0.2, 0) is 14.9 Å². The van der Waals surface area contributed by atoms with E-state index in [0.29, 0.717) is 31.3 Å². The molecular weight excluding hydrogens is 258 g/mol. The molecule has 0 spiro atoms. The first-order chi connectivity index (χ1) is 9.67. The van der Waals surface area contributed by atoms with Gasteiger partial charge in [-0.1, -0.05) is 13.8 Å². The van der Waals surface area contributed by atoms with Gasteiger partial charge in [-0.3, -0.25) is 4.79 Å². The fourth-order valence-corrected chi connectivity index (χ4v) is 2.65. The van der Waals surface area contributed by atoms with E-state index in [0.717, 1.165) is 25.9 Å². The van der Waals surface area contributed by atoms with Gasteiger partial charge in [0.25, 0.3) is 5.95 Å². The largest absolute Gasteiger partial charge is 0.465 e. The topological polar surface area (TPSA) is 68.5 Å². The van der Waals surface area contributed by atoms with E-state index in [1.807, 2.05) is 13.8 Å². The summed E-state index contributed by atoms with van der Waals surface area (Å²) in [4.78, 5) is 18.8. The summed E-state index contributed by atoms with van der Waals surface area (Å²) in [5.41, 5.74) is -0.818. The first-order valence-corrected chi connectivity index (χ1v) is 7.44. The molecule has 20 heavy (non-hydrogen) atoms. The minimum absolute atomic E-state index is 0.276. The van der Waals surface area contributed by atoms with Crippen LogP contribution in [0.4, 0.5) is 5.95 Å². The molecule has 0 amide bonds. The van der Waals surface area contributed by atoms with E-state index >= 15 is 0 Å². The van der Waals surface area contributed by atoms with Crippen LogP contribution in [0.5, 0.6) is 0 Å². The molecule has 0 radical (unpaired) electrons. The number of nitrogens with zero attached hydrogens (tertiary/aromatic N) is 3. The third kappa shape index (κ3) is 2.51. The van der Waals surface area contributed by atoms with Crippen molar-refractivity contribution >= 4 is 11.9 Å². The van der Waals surface area contributed by atoms with E-state index in [-0.39, 0.29) is 5.97 Å². The van der Waals surface area contributed by atoms with Crippen LogP contribution in [0.2, 0.25) is 0 Å². The maximum absolute atomic E-state index is 12.3. The molecule has 0 atom stereocenters. The van der Waals surface area contributed by atoms with E-state index in [1.165, 1.54) is 0 Å². The van der Waals surface area contributed by atoms with Gasteiger partial charge in [0.15, 0.2) is 0 Å². The molecule has 1 aliphatic heterocycles. The molecule has 1 aromatic rings. The Balaban J connectivity index is 2.27. The second kappa shape index (κ2) is 6.24. The average molecular weight is 281 g/mol. The van der Waals surface area contributed by atoms with Crippen molar-refractivity contribution in [1.82, 2.24) is 10.1 Å². The van der Waals surface area contributed by atoms with Gasteiger partial charge in [0.1, 0.15) is 5.41 Å². The summed E-state index contributed by atoms with van der Waals surface area (Å²) in [6.45, 7) is 7.94. The third-order valence-corrected chi connectivity index (χ3v) is 4.09. The monoisotopic (exact) mass is 281 g/mol. The van der Waals surface area contributed by atoms with E-state index < -0.39 is 5.41 Å². The highest BCUT2D eigenvalue weighted by atomic mass is 16.5. The smallest absolute Gasteiger partial charge is 0.321 e. The Morgan fingerprint density at radius 1 is 1.30 bits per heavy atom. The predicted molar refractivity (Wildman–Crippen MR) is 74.6 cm³/mol. The van der Waals surface area contributed by atoms with Gasteiger partial charge in [-0.25, -0.2) is 0 Å². The summed E-state index contributed by atoms with van der Waals surface area (Å²) in [6.07, 6.45) is 3.47. The quantitative estimate of drug-likeness (QED) is 0.745. The summed E-state index contributed by atoms with van der Waals surface area (Å²) >= 11 is 0. The highest BCUT2D eigenvalue weighted by molar-refractivity contribution is 5.81. The molecule has 1 fully saturated rings. The highest BCUT2D eigenvalue weighted by Crippen LogP contribution is 2.33. The van der Waals surface area contributed by atoms with Crippen LogP contribution in [0, 0.1) is 0 Å². The number of hydrogen-bond acceptors (Lipinski definition) is 6. The zero-order valence-corrected chi connectivity index (χ0v) is 12.5. The molecule has 1 aliphatic rings. The van der Waals surface area contributed by atoms with Crippen LogP contribution < -0.4 is 4.90 Å². The normalized spacial score (nSPS) is 15.7. The molecule has 2 heterocycles. The first-order valence-electron chi connectivity index (χ1n) is 7.44. The van der Waals surface area contributed by atoms with Crippen molar-refractivity contribution in [3.8, 4) is 0 Å². The molecule has 2 rings (SSSR count). The van der Waals surface area contributed by atoms with Crippen molar-refractivity contribution in [2.24, 2.45) is 0 Å². The molecule has 0 unspecified atom stereocenters. The Labute approximate surface area is 119 Å². The van der Waals surface area contributed by atoms with Crippen molar-refractivity contribution in [3.05, 3.63) is 5.89 Å². The van der Waals surface area contributed by atoms with Crippen LogP contribution in [0.1, 0.15) is 52.3 Å². The molecule has 0 aromatic carbocycles. The van der Waals surface area contributed by atoms with Gasteiger partial charge < -0.3 is 14.2 Å². The third-order valence-electron chi connectivity index (χ3n) is 4.09. The lowest BCUT2D eigenvalue weighted by atomic mass is 9.82. The lowest BCUT2D eigenvalue weighted by molar-refractivity contribution is -0.151. The second-order valence-corrected chi connectivity index (χ2v) is 5.10. The van der Waals surface area contributed by atoms with E-state index in [4.69, 9.17) is 9.26 Å². The van der Waals surface area contributed by atoms with Gasteiger partial charge in [0.2, 0.25) is 5.89 Å². The van der Waals surface area contributed by atoms with Crippen molar-refractivity contribution in [2.45, 2.75) is 51.9 Å². The van der Waals surface area contributed by atoms with Crippen molar-refractivity contribution in [1.29, 1.82) is 0 Å². The maximum atomic E-state index is 12.3. The summed E-state index contributed by atoms with van der Waals surface area (Å²) in [6, 6.07) is 0. The molecule has 6 heteroatoms. The number of anilines is 1. The van der Waals surface area contributed by atoms with E-state index in [9.17, 15) is 4.79 Å². The van der Waals surface area contributed by atoms with Crippen LogP contribution in [0.25, 0.3) is 0 Å². The van der Waals surface area contributed by atoms with Crippen molar-refractivity contribution in [2.75, 3.05) is 24.6 Å². The van der Waals surface area contributed by atoms with Gasteiger partial charge in [0, 0.05) is 13.1 Å². The fourth-order valence-electron chi connectivity index (χ4n) is 2.65. The highest BCUT2D eigenvalue weighted by Gasteiger charge is 2.44. The van der Waals surface area contributed by atoms with E-state index in [2.05, 4.69) is 15.0 Å². The molecule has 112 valence electrons. The molecule has 0 aliphatic carbocycles. The maximum Gasteiger partial charge on any atom is 0.321 e. The average Bonchev–Trinajstić information content (AvgIpc) is 3.12. The zero-order chi connectivity index (χ0) is 14.6. The number of carbonyl (C=O) groups is 1. The van der Waals surface area contributed by atoms with Gasteiger partial charge in [-0.05, 0) is 37.8 Å². The first kappa shape index (κ1) is 14.8. The number of carbonyl (C=O) groups excluding carboxylic acids is 1. The minimum atomic E-state index is -0.818. The van der Waals surface area contributed by atoms with Crippen LogP contribution in [0.15, 0.2) is 4.52 Å². The molecule has 1 aromatic heterocycles. The van der Waals surface area contributed by atoms with Gasteiger partial charge in [-0.2, -0.15) is 4.98 Å². The van der Waals surface area contributed by atoms with Gasteiger partial charge in [-0.15, -0.1) is 0 Å². The van der Waals surface area contributed by atoms with Gasteiger partial charge in [0.05, 0.1) is 6.61 Å². The predicted octanol–water partition coefficient (Wildman–Crippen LogP) is 2.29. The Bertz CT molecular complexity index is 448. The number of ether oxygens (including phenoxy) is 1. The SMILES string of the molecule is CCOC(=O)C(CC)(CC)c1nc(N2CCCC2)no1. The lowest BCUT2D eigenvalue weighted by Gasteiger charge is -2.24. The van der Waals surface area contributed by atoms with E-state index in [1.54, 1.807) is 6.92 Å². The molecular formula is C14H23N3O3. The van der Waals surface area contributed by atoms with Crippen molar-refractivity contribution in [3.63, 3.8) is 0 Å². The summed E-state index contributed by atoms with van der Waals surface area (Å²) < 4.78 is 10.6. The standard InChI is InChI=1S/C14H23N3O3/c1-4-14(5-2,12(18)19-6-3)11-15-13(16-20-11)17-9-7-8-10-17/h4-10H2,1-3H3. The minimum Gasteiger partial charge on any atom is -0.465 e. The number of esters is 1. The molecule has 0 saturated carbocycles. The Morgan fingerprint density at radius 3 is 2.50 bits per heavy atom. The molecule has 6 nitrogen and oxygen atoms in total. The molecule has 0 bridgehead atoms. The fraction of sp³-hybridized carbons (Fsp3) is 0.786.